The average molecular weight is 174 g/mol. The fourth-order valence-electron chi connectivity index (χ4n) is 1.42. The number of nitrogens with zero attached hydrogens (tertiary/aromatic N) is 1. The number of rotatable bonds is 2. The van der Waals surface area contributed by atoms with Crippen LogP contribution in [0.15, 0.2) is 35.5 Å². The van der Waals surface area contributed by atoms with Gasteiger partial charge in [-0.3, -0.25) is 0 Å². The molecule has 13 heavy (non-hydrogen) atoms. The summed E-state index contributed by atoms with van der Waals surface area (Å²) in [4.78, 5) is 5.29. The first-order valence-electron chi connectivity index (χ1n) is 4.46. The molecule has 0 aliphatic carbocycles. The Hall–Kier alpha value is -1.31. The Labute approximate surface area is 78.2 Å². The van der Waals surface area contributed by atoms with Crippen LogP contribution in [-0.2, 0) is 4.84 Å². The average Bonchev–Trinajstić information content (AvgIpc) is 2.67. The molecule has 0 saturated carbocycles. The summed E-state index contributed by atoms with van der Waals surface area (Å²) in [6.07, 6.45) is 1.73. The molecule has 2 heteroatoms. The number of hydrogen-bond acceptors (Lipinski definition) is 2. The number of benzene rings is 1. The Morgan fingerprint density at radius 2 is 2.15 bits per heavy atom. The van der Waals surface area contributed by atoms with Crippen molar-refractivity contribution in [3.8, 4) is 0 Å². The Morgan fingerprint density at radius 3 is 2.77 bits per heavy atom. The van der Waals surface area contributed by atoms with Crippen molar-refractivity contribution in [3.05, 3.63) is 42.8 Å². The minimum absolute atomic E-state index is 0.109. The second kappa shape index (κ2) is 3.60. The third-order valence-corrected chi connectivity index (χ3v) is 2.19. The van der Waals surface area contributed by atoms with Crippen molar-refractivity contribution in [2.45, 2.75) is 18.9 Å². The minimum Gasteiger partial charge on any atom is -0.387 e. The van der Waals surface area contributed by atoms with Gasteiger partial charge in [-0.2, -0.15) is 0 Å². The molecule has 1 aliphatic rings. The first kappa shape index (κ1) is 8.30. The van der Waals surface area contributed by atoms with Crippen LogP contribution in [-0.4, -0.2) is 5.71 Å². The van der Waals surface area contributed by atoms with Crippen molar-refractivity contribution < 1.29 is 4.84 Å². The van der Waals surface area contributed by atoms with E-state index >= 15 is 0 Å². The van der Waals surface area contributed by atoms with E-state index in [9.17, 15) is 0 Å². The molecule has 0 N–H and O–H groups in total. The van der Waals surface area contributed by atoms with E-state index in [-0.39, 0.29) is 6.10 Å². The topological polar surface area (TPSA) is 21.6 Å². The summed E-state index contributed by atoms with van der Waals surface area (Å²) in [5.74, 6) is 0. The lowest BCUT2D eigenvalue weighted by Gasteiger charge is -2.06. The van der Waals surface area contributed by atoms with E-state index in [4.69, 9.17) is 4.84 Å². The van der Waals surface area contributed by atoms with Crippen molar-refractivity contribution >= 4 is 5.71 Å². The normalized spacial score (nSPS) is 21.0. The molecule has 1 aliphatic heterocycles. The molecule has 0 aromatic heterocycles. The summed E-state index contributed by atoms with van der Waals surface area (Å²) >= 11 is 0. The number of hydrogen-bond donors (Lipinski definition) is 0. The van der Waals surface area contributed by atoms with Crippen LogP contribution in [0, 0.1) is 6.92 Å². The van der Waals surface area contributed by atoms with Crippen LogP contribution >= 0.6 is 0 Å². The number of oxime groups is 1. The molecule has 0 fully saturated rings. The molecule has 1 atom stereocenters. The lowest BCUT2D eigenvalue weighted by Crippen LogP contribution is -1.98. The Morgan fingerprint density at radius 1 is 1.38 bits per heavy atom. The Balaban J connectivity index is 2.07. The minimum atomic E-state index is 0.109. The molecular formula is C11H12NO. The molecule has 1 aromatic carbocycles. The molecule has 2 rings (SSSR count). The highest BCUT2D eigenvalue weighted by Gasteiger charge is 2.20. The summed E-state index contributed by atoms with van der Waals surface area (Å²) < 4.78 is 0. The highest BCUT2D eigenvalue weighted by Crippen LogP contribution is 2.27. The van der Waals surface area contributed by atoms with Crippen molar-refractivity contribution in [2.24, 2.45) is 5.16 Å². The molecule has 1 heterocycles. The van der Waals surface area contributed by atoms with E-state index in [1.54, 1.807) is 0 Å². The fourth-order valence-corrected chi connectivity index (χ4v) is 1.42. The lowest BCUT2D eigenvalue weighted by molar-refractivity contribution is 0.0857. The molecule has 67 valence electrons. The van der Waals surface area contributed by atoms with Crippen LogP contribution in [0.25, 0.3) is 0 Å². The molecule has 0 saturated heterocycles. The quantitative estimate of drug-likeness (QED) is 0.675. The SMILES string of the molecule is [CH2]CC1=NOC(c2ccccc2)C1. The van der Waals surface area contributed by atoms with Crippen LogP contribution in [0.4, 0.5) is 0 Å². The zero-order chi connectivity index (χ0) is 9.10. The summed E-state index contributed by atoms with van der Waals surface area (Å²) in [6.45, 7) is 3.79. The van der Waals surface area contributed by atoms with Gasteiger partial charge >= 0.3 is 0 Å². The van der Waals surface area contributed by atoms with E-state index in [2.05, 4.69) is 24.2 Å². The third kappa shape index (κ3) is 1.72. The maximum Gasteiger partial charge on any atom is 0.157 e. The van der Waals surface area contributed by atoms with Gasteiger partial charge in [-0.15, -0.1) is 0 Å². The van der Waals surface area contributed by atoms with Gasteiger partial charge in [0.1, 0.15) is 0 Å². The highest BCUT2D eigenvalue weighted by atomic mass is 16.6. The zero-order valence-electron chi connectivity index (χ0n) is 7.44. The highest BCUT2D eigenvalue weighted by molar-refractivity contribution is 5.85. The van der Waals surface area contributed by atoms with Gasteiger partial charge in [0, 0.05) is 6.42 Å². The second-order valence-corrected chi connectivity index (χ2v) is 3.12. The van der Waals surface area contributed by atoms with E-state index in [0.29, 0.717) is 0 Å². The second-order valence-electron chi connectivity index (χ2n) is 3.12. The maximum absolute atomic E-state index is 5.29. The smallest absolute Gasteiger partial charge is 0.157 e. The van der Waals surface area contributed by atoms with E-state index < -0.39 is 0 Å². The first-order chi connectivity index (χ1) is 6.40. The zero-order valence-corrected chi connectivity index (χ0v) is 7.44. The van der Waals surface area contributed by atoms with Gasteiger partial charge in [-0.05, 0) is 18.9 Å². The van der Waals surface area contributed by atoms with Gasteiger partial charge in [-0.25, -0.2) is 0 Å². The Kier molecular flexibility index (Phi) is 2.30. The molecule has 0 spiro atoms. The molecule has 0 amide bonds. The molecule has 1 aromatic rings. The maximum atomic E-state index is 5.29. The van der Waals surface area contributed by atoms with Crippen molar-refractivity contribution in [3.63, 3.8) is 0 Å². The van der Waals surface area contributed by atoms with Gasteiger partial charge in [0.05, 0.1) is 5.71 Å². The summed E-state index contributed by atoms with van der Waals surface area (Å²) in [6, 6.07) is 10.2. The standard InChI is InChI=1S/C11H12NO/c1-2-10-8-11(13-12-10)9-6-4-3-5-7-9/h3-7,11H,1-2,8H2. The van der Waals surface area contributed by atoms with Crippen molar-refractivity contribution in [1.82, 2.24) is 0 Å². The van der Waals surface area contributed by atoms with E-state index in [1.807, 2.05) is 18.2 Å². The lowest BCUT2D eigenvalue weighted by atomic mass is 10.0. The Bertz CT molecular complexity index is 305. The molecule has 1 unspecified atom stereocenters. The molecule has 1 radical (unpaired) electrons. The van der Waals surface area contributed by atoms with Gasteiger partial charge in [0.25, 0.3) is 0 Å². The summed E-state index contributed by atoms with van der Waals surface area (Å²) in [5, 5.41) is 3.97. The monoisotopic (exact) mass is 174 g/mol. The molecule has 0 bridgehead atoms. The fraction of sp³-hybridized carbons (Fsp3) is 0.273. The molecular weight excluding hydrogens is 162 g/mol. The largest absolute Gasteiger partial charge is 0.387 e. The van der Waals surface area contributed by atoms with Crippen LogP contribution in [0.5, 0.6) is 0 Å². The van der Waals surface area contributed by atoms with E-state index in [1.165, 1.54) is 5.56 Å². The van der Waals surface area contributed by atoms with Gasteiger partial charge in [0.2, 0.25) is 0 Å². The third-order valence-electron chi connectivity index (χ3n) is 2.19. The van der Waals surface area contributed by atoms with E-state index in [0.717, 1.165) is 18.6 Å². The summed E-state index contributed by atoms with van der Waals surface area (Å²) in [5.41, 5.74) is 2.24. The van der Waals surface area contributed by atoms with Crippen LogP contribution in [0.2, 0.25) is 0 Å². The van der Waals surface area contributed by atoms with Crippen molar-refractivity contribution in [1.29, 1.82) is 0 Å². The first-order valence-corrected chi connectivity index (χ1v) is 4.46. The van der Waals surface area contributed by atoms with Gasteiger partial charge in [0.15, 0.2) is 6.10 Å². The van der Waals surface area contributed by atoms with Crippen molar-refractivity contribution in [2.75, 3.05) is 0 Å². The van der Waals surface area contributed by atoms with Crippen LogP contribution in [0.3, 0.4) is 0 Å². The van der Waals surface area contributed by atoms with Gasteiger partial charge < -0.3 is 4.84 Å². The van der Waals surface area contributed by atoms with Crippen LogP contribution in [0.1, 0.15) is 24.5 Å². The summed E-state index contributed by atoms with van der Waals surface area (Å²) in [7, 11) is 0. The predicted molar refractivity (Wildman–Crippen MR) is 52.3 cm³/mol. The van der Waals surface area contributed by atoms with Gasteiger partial charge in [-0.1, -0.05) is 35.5 Å². The predicted octanol–water partition coefficient (Wildman–Crippen LogP) is 2.73. The van der Waals surface area contributed by atoms with Crippen LogP contribution < -0.4 is 0 Å². The molecule has 2 nitrogen and oxygen atoms in total.